The van der Waals surface area contributed by atoms with E-state index in [0.717, 1.165) is 5.56 Å². The lowest BCUT2D eigenvalue weighted by Crippen LogP contribution is -2.23. The second-order valence-corrected chi connectivity index (χ2v) is 5.44. The standard InChI is InChI=1S/C19H20FNO4/c1-2-25-18-11-14(5-8-17(18)23)16(22)9-10-19(24)21-12-13-3-6-15(20)7-4-13/h3-8,11,23H,2,9-10,12H2,1H3,(H,21,24). The first-order valence-corrected chi connectivity index (χ1v) is 7.99. The van der Waals surface area contributed by atoms with Crippen molar-refractivity contribution < 1.29 is 23.8 Å². The van der Waals surface area contributed by atoms with Crippen molar-refractivity contribution in [3.05, 3.63) is 59.4 Å². The molecule has 0 atom stereocenters. The number of phenolic OH excluding ortho intramolecular Hbond substituents is 1. The molecule has 2 aromatic rings. The van der Waals surface area contributed by atoms with Crippen LogP contribution < -0.4 is 10.1 Å². The molecule has 0 radical (unpaired) electrons. The van der Waals surface area contributed by atoms with E-state index in [9.17, 15) is 19.1 Å². The van der Waals surface area contributed by atoms with Crippen LogP contribution in [0.25, 0.3) is 0 Å². The highest BCUT2D eigenvalue weighted by Gasteiger charge is 2.12. The molecule has 2 rings (SSSR count). The molecule has 0 spiro atoms. The molecule has 2 aromatic carbocycles. The summed E-state index contributed by atoms with van der Waals surface area (Å²) in [5.41, 5.74) is 1.16. The van der Waals surface area contributed by atoms with E-state index in [2.05, 4.69) is 5.32 Å². The molecule has 0 fully saturated rings. The van der Waals surface area contributed by atoms with Gasteiger partial charge in [0.05, 0.1) is 6.61 Å². The van der Waals surface area contributed by atoms with Crippen molar-refractivity contribution in [3.63, 3.8) is 0 Å². The van der Waals surface area contributed by atoms with Gasteiger partial charge in [-0.1, -0.05) is 12.1 Å². The summed E-state index contributed by atoms with van der Waals surface area (Å²) in [6, 6.07) is 10.2. The summed E-state index contributed by atoms with van der Waals surface area (Å²) >= 11 is 0. The maximum Gasteiger partial charge on any atom is 0.220 e. The van der Waals surface area contributed by atoms with E-state index < -0.39 is 0 Å². The molecule has 0 aromatic heterocycles. The van der Waals surface area contributed by atoms with E-state index in [1.807, 2.05) is 0 Å². The quantitative estimate of drug-likeness (QED) is 0.721. The molecular formula is C19H20FNO4. The molecule has 1 amide bonds. The zero-order valence-corrected chi connectivity index (χ0v) is 13.9. The number of carbonyl (C=O) groups excluding carboxylic acids is 2. The molecule has 5 nitrogen and oxygen atoms in total. The summed E-state index contributed by atoms with van der Waals surface area (Å²) in [6.07, 6.45) is 0.0937. The number of phenols is 1. The van der Waals surface area contributed by atoms with Gasteiger partial charge >= 0.3 is 0 Å². The molecule has 0 heterocycles. The van der Waals surface area contributed by atoms with E-state index in [4.69, 9.17) is 4.74 Å². The van der Waals surface area contributed by atoms with Crippen molar-refractivity contribution in [1.29, 1.82) is 0 Å². The van der Waals surface area contributed by atoms with Gasteiger partial charge in [0, 0.05) is 24.9 Å². The smallest absolute Gasteiger partial charge is 0.220 e. The number of hydrogen-bond acceptors (Lipinski definition) is 4. The van der Waals surface area contributed by atoms with E-state index >= 15 is 0 Å². The van der Waals surface area contributed by atoms with Gasteiger partial charge in [0.2, 0.25) is 5.91 Å². The monoisotopic (exact) mass is 345 g/mol. The van der Waals surface area contributed by atoms with Crippen molar-refractivity contribution in [1.82, 2.24) is 5.32 Å². The van der Waals surface area contributed by atoms with Crippen LogP contribution in [0.4, 0.5) is 4.39 Å². The van der Waals surface area contributed by atoms with Crippen molar-refractivity contribution in [2.75, 3.05) is 6.61 Å². The Morgan fingerprint density at radius 2 is 1.84 bits per heavy atom. The number of carbonyl (C=O) groups is 2. The van der Waals surface area contributed by atoms with E-state index in [-0.39, 0.29) is 48.4 Å². The van der Waals surface area contributed by atoms with Crippen molar-refractivity contribution in [3.8, 4) is 11.5 Å². The largest absolute Gasteiger partial charge is 0.504 e. The van der Waals surface area contributed by atoms with Gasteiger partial charge in [0.1, 0.15) is 5.82 Å². The summed E-state index contributed by atoms with van der Waals surface area (Å²) in [5, 5.41) is 12.3. The average molecular weight is 345 g/mol. The van der Waals surface area contributed by atoms with Gasteiger partial charge in [0.15, 0.2) is 17.3 Å². The molecule has 0 saturated carbocycles. The first-order chi connectivity index (χ1) is 12.0. The van der Waals surface area contributed by atoms with Crippen LogP contribution in [0.2, 0.25) is 0 Å². The molecule has 6 heteroatoms. The van der Waals surface area contributed by atoms with Gasteiger partial charge in [0.25, 0.3) is 0 Å². The molecule has 0 aliphatic heterocycles. The van der Waals surface area contributed by atoms with Crippen molar-refractivity contribution in [2.24, 2.45) is 0 Å². The number of Topliss-reactive ketones (excluding diaryl/α,β-unsaturated/α-hetero) is 1. The van der Waals surface area contributed by atoms with Crippen molar-refractivity contribution in [2.45, 2.75) is 26.3 Å². The molecule has 132 valence electrons. The maximum absolute atomic E-state index is 12.8. The number of hydrogen-bond donors (Lipinski definition) is 2. The Hall–Kier alpha value is -2.89. The number of aromatic hydroxyl groups is 1. The van der Waals surface area contributed by atoms with E-state index in [1.165, 1.54) is 30.3 Å². The highest BCUT2D eigenvalue weighted by molar-refractivity contribution is 5.98. The summed E-state index contributed by atoms with van der Waals surface area (Å²) in [7, 11) is 0. The van der Waals surface area contributed by atoms with E-state index in [1.54, 1.807) is 19.1 Å². The molecule has 0 aliphatic carbocycles. The Bertz CT molecular complexity index is 744. The Morgan fingerprint density at radius 3 is 2.52 bits per heavy atom. The Balaban J connectivity index is 1.83. The predicted molar refractivity (Wildman–Crippen MR) is 91.1 cm³/mol. The lowest BCUT2D eigenvalue weighted by Gasteiger charge is -2.08. The summed E-state index contributed by atoms with van der Waals surface area (Å²) in [5.74, 6) is -0.593. The Labute approximate surface area is 145 Å². The maximum atomic E-state index is 12.8. The second kappa shape index (κ2) is 8.82. The molecule has 0 unspecified atom stereocenters. The first kappa shape index (κ1) is 18.4. The highest BCUT2D eigenvalue weighted by Crippen LogP contribution is 2.27. The molecule has 0 saturated heterocycles. The van der Waals surface area contributed by atoms with Crippen LogP contribution in [-0.4, -0.2) is 23.4 Å². The molecular weight excluding hydrogens is 325 g/mol. The molecule has 25 heavy (non-hydrogen) atoms. The highest BCUT2D eigenvalue weighted by atomic mass is 19.1. The third kappa shape index (κ3) is 5.60. The van der Waals surface area contributed by atoms with Crippen LogP contribution in [-0.2, 0) is 11.3 Å². The first-order valence-electron chi connectivity index (χ1n) is 7.99. The number of halogens is 1. The van der Waals surface area contributed by atoms with Gasteiger partial charge < -0.3 is 15.2 Å². The summed E-state index contributed by atoms with van der Waals surface area (Å²) < 4.78 is 18.0. The van der Waals surface area contributed by atoms with Gasteiger partial charge in [-0.25, -0.2) is 4.39 Å². The summed E-state index contributed by atoms with van der Waals surface area (Å²) in [4.78, 5) is 24.0. The number of ether oxygens (including phenoxy) is 1. The Kier molecular flexibility index (Phi) is 6.51. The van der Waals surface area contributed by atoms with Gasteiger partial charge in [-0.3, -0.25) is 9.59 Å². The fourth-order valence-electron chi connectivity index (χ4n) is 2.22. The predicted octanol–water partition coefficient (Wildman–Crippen LogP) is 3.21. The second-order valence-electron chi connectivity index (χ2n) is 5.44. The van der Waals surface area contributed by atoms with E-state index in [0.29, 0.717) is 12.2 Å². The average Bonchev–Trinajstić information content (AvgIpc) is 2.61. The van der Waals surface area contributed by atoms with Crippen LogP contribution >= 0.6 is 0 Å². The Morgan fingerprint density at radius 1 is 1.12 bits per heavy atom. The fourth-order valence-corrected chi connectivity index (χ4v) is 2.22. The van der Waals surface area contributed by atoms with Crippen molar-refractivity contribution >= 4 is 11.7 Å². The van der Waals surface area contributed by atoms with Crippen LogP contribution in [0.15, 0.2) is 42.5 Å². The fraction of sp³-hybridized carbons (Fsp3) is 0.263. The molecule has 2 N–H and O–H groups in total. The van der Waals surface area contributed by atoms with Gasteiger partial charge in [-0.2, -0.15) is 0 Å². The normalized spacial score (nSPS) is 10.3. The SMILES string of the molecule is CCOc1cc(C(=O)CCC(=O)NCc2ccc(F)cc2)ccc1O. The van der Waals surface area contributed by atoms with Crippen LogP contribution in [0, 0.1) is 5.82 Å². The number of amides is 1. The van der Waals surface area contributed by atoms with Gasteiger partial charge in [-0.05, 0) is 42.8 Å². The number of ketones is 1. The summed E-state index contributed by atoms with van der Waals surface area (Å²) in [6.45, 7) is 2.43. The molecule has 0 aliphatic rings. The number of rotatable bonds is 8. The van der Waals surface area contributed by atoms with Crippen LogP contribution in [0.1, 0.15) is 35.7 Å². The van der Waals surface area contributed by atoms with Crippen LogP contribution in [0.3, 0.4) is 0 Å². The van der Waals surface area contributed by atoms with Crippen LogP contribution in [0.5, 0.6) is 11.5 Å². The van der Waals surface area contributed by atoms with Gasteiger partial charge in [-0.15, -0.1) is 0 Å². The lowest BCUT2D eigenvalue weighted by atomic mass is 10.1. The topological polar surface area (TPSA) is 75.6 Å². The number of benzene rings is 2. The number of nitrogens with one attached hydrogen (secondary N) is 1. The zero-order chi connectivity index (χ0) is 18.2. The minimum atomic E-state index is -0.332. The molecule has 0 bridgehead atoms. The zero-order valence-electron chi connectivity index (χ0n) is 13.9. The minimum Gasteiger partial charge on any atom is -0.504 e. The minimum absolute atomic E-state index is 0.0320. The third-order valence-corrected chi connectivity index (χ3v) is 3.56. The lowest BCUT2D eigenvalue weighted by molar-refractivity contribution is -0.121. The third-order valence-electron chi connectivity index (χ3n) is 3.56.